The van der Waals surface area contributed by atoms with Gasteiger partial charge in [0.05, 0.1) is 0 Å². The molecule has 0 fully saturated rings. The lowest BCUT2D eigenvalue weighted by molar-refractivity contribution is 0.787. The van der Waals surface area contributed by atoms with Crippen LogP contribution in [0.2, 0.25) is 10.2 Å². The van der Waals surface area contributed by atoms with Crippen molar-refractivity contribution in [2.24, 2.45) is 0 Å². The summed E-state index contributed by atoms with van der Waals surface area (Å²) >= 11 is 39.7. The molecule has 0 spiro atoms. The molecule has 0 radical (unpaired) electrons. The van der Waals surface area contributed by atoms with Gasteiger partial charge in [-0.1, -0.05) is 81.2 Å². The molecule has 0 aromatic carbocycles. The van der Waals surface area contributed by atoms with E-state index in [0.717, 1.165) is 0 Å². The fourth-order valence-corrected chi connectivity index (χ4v) is 1.39. The third-order valence-electron chi connectivity index (χ3n) is 1.47. The third kappa shape index (κ3) is 2.83. The summed E-state index contributed by atoms with van der Waals surface area (Å²) < 4.78 is -4.06. The highest BCUT2D eigenvalue weighted by atomic mass is 35.6. The molecule has 0 unspecified atom stereocenters. The molecule has 90 valence electrons. The first-order chi connectivity index (χ1) is 7.07. The van der Waals surface area contributed by atoms with Crippen LogP contribution in [0.15, 0.2) is 0 Å². The maximum absolute atomic E-state index is 5.82. The zero-order chi connectivity index (χ0) is 12.7. The van der Waals surface area contributed by atoms with Crippen molar-refractivity contribution in [3.63, 3.8) is 0 Å². The fraction of sp³-hybridized carbons (Fsp3) is 0.333. The lowest BCUT2D eigenvalue weighted by Crippen LogP contribution is -2.31. The van der Waals surface area contributed by atoms with Crippen molar-refractivity contribution in [3.8, 4) is 0 Å². The smallest absolute Gasteiger partial charge is 0.230 e. The van der Waals surface area contributed by atoms with Crippen molar-refractivity contribution >= 4 is 87.0 Å². The van der Waals surface area contributed by atoms with Crippen LogP contribution in [-0.4, -0.2) is 13.8 Å². The van der Waals surface area contributed by atoms with Crippen LogP contribution in [-0.2, 0) is 4.33 Å². The van der Waals surface area contributed by atoms with Gasteiger partial charge in [-0.15, -0.1) is 0 Å². The molecule has 16 heavy (non-hydrogen) atoms. The second-order valence-corrected chi connectivity index (χ2v) is 6.95. The second-order valence-electron chi connectivity index (χ2n) is 2.61. The van der Waals surface area contributed by atoms with E-state index in [2.05, 4.69) is 9.97 Å². The Bertz CT molecular complexity index is 390. The van der Waals surface area contributed by atoms with Crippen LogP contribution < -0.4 is 5.73 Å². The predicted molar refractivity (Wildman–Crippen MR) is 70.1 cm³/mol. The maximum Gasteiger partial charge on any atom is 0.230 e. The van der Waals surface area contributed by atoms with Crippen LogP contribution in [0.3, 0.4) is 0 Å². The molecule has 1 aromatic heterocycles. The van der Waals surface area contributed by atoms with E-state index in [9.17, 15) is 0 Å². The summed E-state index contributed by atoms with van der Waals surface area (Å²) in [6.07, 6.45) is 0. The molecule has 0 saturated heterocycles. The number of aromatic nitrogens is 2. The van der Waals surface area contributed by atoms with Gasteiger partial charge in [0.15, 0.2) is 11.0 Å². The van der Waals surface area contributed by atoms with Crippen LogP contribution in [0.5, 0.6) is 0 Å². The first kappa shape index (κ1) is 15.0. The van der Waals surface area contributed by atoms with Gasteiger partial charge in [-0.3, -0.25) is 0 Å². The highest BCUT2D eigenvalue weighted by Crippen LogP contribution is 2.52. The van der Waals surface area contributed by atoms with E-state index < -0.39 is 8.13 Å². The molecular formula is C6H2Cl7N3. The number of anilines is 1. The third-order valence-corrected chi connectivity index (χ3v) is 4.55. The van der Waals surface area contributed by atoms with Crippen LogP contribution >= 0.6 is 81.2 Å². The van der Waals surface area contributed by atoms with E-state index >= 15 is 0 Å². The lowest BCUT2D eigenvalue weighted by atomic mass is 10.4. The molecule has 1 aromatic rings. The van der Waals surface area contributed by atoms with Gasteiger partial charge in [-0.05, 0) is 0 Å². The summed E-state index contributed by atoms with van der Waals surface area (Å²) in [5.41, 5.74) is 5.45. The van der Waals surface area contributed by atoms with Gasteiger partial charge in [0.1, 0.15) is 10.8 Å². The van der Waals surface area contributed by atoms with Gasteiger partial charge in [-0.25, -0.2) is 9.97 Å². The highest BCUT2D eigenvalue weighted by Gasteiger charge is 2.50. The van der Waals surface area contributed by atoms with Crippen molar-refractivity contribution < 1.29 is 0 Å². The van der Waals surface area contributed by atoms with Crippen LogP contribution in [0.4, 0.5) is 5.82 Å². The summed E-state index contributed by atoms with van der Waals surface area (Å²) in [6.45, 7) is 0. The van der Waals surface area contributed by atoms with Crippen molar-refractivity contribution in [2.45, 2.75) is 8.13 Å². The lowest BCUT2D eigenvalue weighted by Gasteiger charge is -2.25. The predicted octanol–water partition coefficient (Wildman–Crippen LogP) is 4.37. The minimum Gasteiger partial charge on any atom is -0.382 e. The summed E-state index contributed by atoms with van der Waals surface area (Å²) in [5, 5.41) is -0.164. The molecular weight excluding hydrogens is 362 g/mol. The van der Waals surface area contributed by atoms with E-state index in [1.165, 1.54) is 0 Å². The van der Waals surface area contributed by atoms with Crippen molar-refractivity contribution in [2.75, 3.05) is 5.73 Å². The minimum atomic E-state index is -2.06. The molecule has 0 atom stereocenters. The number of nitrogen functional groups attached to an aromatic ring is 1. The van der Waals surface area contributed by atoms with Crippen LogP contribution in [0.25, 0.3) is 0 Å². The molecule has 1 heterocycles. The van der Waals surface area contributed by atoms with E-state index in [-0.39, 0.29) is 21.8 Å². The zero-order valence-corrected chi connectivity index (χ0v) is 12.4. The molecule has 0 aliphatic rings. The molecule has 10 heteroatoms. The largest absolute Gasteiger partial charge is 0.382 e. The van der Waals surface area contributed by atoms with Crippen molar-refractivity contribution in [1.82, 2.24) is 9.97 Å². The van der Waals surface area contributed by atoms with Gasteiger partial charge in [0.2, 0.25) is 8.13 Å². The fourth-order valence-electron chi connectivity index (χ4n) is 0.703. The minimum absolute atomic E-state index is 0.0288. The number of halogens is 7. The van der Waals surface area contributed by atoms with Crippen LogP contribution in [0, 0.1) is 0 Å². The quantitative estimate of drug-likeness (QED) is 0.595. The Morgan fingerprint density at radius 2 is 1.44 bits per heavy atom. The molecule has 0 bridgehead atoms. The Hall–Kier alpha value is 0.910. The Balaban J connectivity index is 3.35. The monoisotopic (exact) mass is 361 g/mol. The standard InChI is InChI=1S/C6H2Cl7N3/c7-1-2(8)15-4(16-3(1)14)5(9,10)6(11,12)13/h(H2,14,15,16). The first-order valence-corrected chi connectivity index (χ1v) is 6.15. The van der Waals surface area contributed by atoms with Crippen molar-refractivity contribution in [1.29, 1.82) is 0 Å². The van der Waals surface area contributed by atoms with Crippen molar-refractivity contribution in [3.05, 3.63) is 16.0 Å². The summed E-state index contributed by atoms with van der Waals surface area (Å²) in [7, 11) is 0. The molecule has 0 aliphatic heterocycles. The summed E-state index contributed by atoms with van der Waals surface area (Å²) in [4.78, 5) is 7.40. The number of rotatable bonds is 1. The van der Waals surface area contributed by atoms with Gasteiger partial charge in [0, 0.05) is 0 Å². The molecule has 1 rings (SSSR count). The zero-order valence-electron chi connectivity index (χ0n) is 7.12. The molecule has 0 saturated carbocycles. The van der Waals surface area contributed by atoms with E-state index in [1.54, 1.807) is 0 Å². The number of hydrogen-bond acceptors (Lipinski definition) is 3. The van der Waals surface area contributed by atoms with Gasteiger partial charge >= 0.3 is 0 Å². The summed E-state index contributed by atoms with van der Waals surface area (Å²) in [5.74, 6) is -0.362. The Morgan fingerprint density at radius 1 is 0.938 bits per heavy atom. The van der Waals surface area contributed by atoms with Gasteiger partial charge in [-0.2, -0.15) is 0 Å². The average Bonchev–Trinajstić information content (AvgIpc) is 2.11. The van der Waals surface area contributed by atoms with E-state index in [0.29, 0.717) is 0 Å². The number of nitrogens with zero attached hydrogens (tertiary/aromatic N) is 2. The maximum atomic E-state index is 5.82. The first-order valence-electron chi connectivity index (χ1n) is 3.51. The highest BCUT2D eigenvalue weighted by molar-refractivity contribution is 6.75. The molecule has 0 amide bonds. The van der Waals surface area contributed by atoms with Gasteiger partial charge < -0.3 is 5.73 Å². The molecule has 3 nitrogen and oxygen atoms in total. The topological polar surface area (TPSA) is 51.8 Å². The number of alkyl halides is 5. The SMILES string of the molecule is Nc1nc(C(Cl)(Cl)C(Cl)(Cl)Cl)nc(Cl)c1Cl. The normalized spacial score (nSPS) is 12.9. The average molecular weight is 364 g/mol. The van der Waals surface area contributed by atoms with E-state index in [4.69, 9.17) is 86.9 Å². The van der Waals surface area contributed by atoms with Crippen LogP contribution in [0.1, 0.15) is 5.82 Å². The Labute approximate surface area is 126 Å². The van der Waals surface area contributed by atoms with E-state index in [1.807, 2.05) is 0 Å². The Kier molecular flexibility index (Phi) is 4.57. The number of nitrogens with two attached hydrogens (primary N) is 1. The Morgan fingerprint density at radius 3 is 1.81 bits per heavy atom. The summed E-state index contributed by atoms with van der Waals surface area (Å²) in [6, 6.07) is 0. The molecule has 0 aliphatic carbocycles. The van der Waals surface area contributed by atoms with Gasteiger partial charge in [0.25, 0.3) is 0 Å². The number of hydrogen-bond donors (Lipinski definition) is 1. The second kappa shape index (κ2) is 4.88. The molecule has 2 N–H and O–H groups in total.